The summed E-state index contributed by atoms with van der Waals surface area (Å²) in [5, 5.41) is 9.21. The summed E-state index contributed by atoms with van der Waals surface area (Å²) in [7, 11) is 0. The van der Waals surface area contributed by atoms with E-state index in [0.717, 1.165) is 51.4 Å². The van der Waals surface area contributed by atoms with E-state index in [4.69, 9.17) is 21.6 Å². The van der Waals surface area contributed by atoms with E-state index in [1.807, 2.05) is 24.3 Å². The second-order valence-electron chi connectivity index (χ2n) is 5.22. The van der Waals surface area contributed by atoms with Gasteiger partial charge >= 0.3 is 0 Å². The Balaban J connectivity index is 1.61. The highest BCUT2D eigenvalue weighted by molar-refractivity contribution is 6.32. The molecule has 0 bridgehead atoms. The van der Waals surface area contributed by atoms with Crippen LogP contribution >= 0.6 is 11.6 Å². The summed E-state index contributed by atoms with van der Waals surface area (Å²) in [6.07, 6.45) is 1.64. The monoisotopic (exact) mass is 307 g/mol. The molecule has 2 rings (SSSR count). The van der Waals surface area contributed by atoms with Gasteiger partial charge in [-0.15, -0.1) is 0 Å². The Morgan fingerprint density at radius 1 is 1.10 bits per heavy atom. The number of unbranched alkanes of at least 4 members (excludes halogenated alkanes) is 1. The molecule has 0 amide bonds. The van der Waals surface area contributed by atoms with E-state index in [1.54, 1.807) is 0 Å². The molecule has 0 spiro atoms. The molecule has 0 aromatic heterocycles. The molecular weight excluding hydrogens is 286 g/mol. The van der Waals surface area contributed by atoms with Crippen LogP contribution in [0.15, 0.2) is 24.3 Å². The van der Waals surface area contributed by atoms with Crippen molar-refractivity contribution in [1.82, 2.24) is 9.80 Å². The van der Waals surface area contributed by atoms with Gasteiger partial charge in [0.15, 0.2) is 0 Å². The standard InChI is InChI=1S/C16H22ClN3O/c17-15-5-1-2-6-16(15)21-14-13-20-11-9-19(10-12-20)8-4-3-7-18/h1-2,5-6H,3-4,8-14H2. The maximum absolute atomic E-state index is 8.55. The molecule has 1 saturated heterocycles. The number of rotatable bonds is 7. The second-order valence-corrected chi connectivity index (χ2v) is 5.63. The van der Waals surface area contributed by atoms with Crippen LogP contribution in [0.25, 0.3) is 0 Å². The zero-order valence-electron chi connectivity index (χ0n) is 12.3. The number of hydrogen-bond donors (Lipinski definition) is 0. The van der Waals surface area contributed by atoms with Gasteiger partial charge in [-0.2, -0.15) is 5.26 Å². The number of piperazine rings is 1. The molecule has 0 saturated carbocycles. The summed E-state index contributed by atoms with van der Waals surface area (Å²) >= 11 is 6.06. The lowest BCUT2D eigenvalue weighted by Gasteiger charge is -2.34. The number of hydrogen-bond acceptors (Lipinski definition) is 4. The molecule has 1 fully saturated rings. The first-order chi connectivity index (χ1) is 10.3. The SMILES string of the molecule is N#CCCCN1CCN(CCOc2ccccc2Cl)CC1. The van der Waals surface area contributed by atoms with Gasteiger partial charge in [0.05, 0.1) is 11.1 Å². The molecule has 0 aliphatic carbocycles. The minimum atomic E-state index is 0.659. The smallest absolute Gasteiger partial charge is 0.137 e. The molecule has 1 aliphatic rings. The molecule has 114 valence electrons. The third-order valence-electron chi connectivity index (χ3n) is 3.73. The minimum absolute atomic E-state index is 0.659. The van der Waals surface area contributed by atoms with Gasteiger partial charge in [-0.1, -0.05) is 23.7 Å². The fourth-order valence-electron chi connectivity index (χ4n) is 2.46. The van der Waals surface area contributed by atoms with Crippen LogP contribution in [0.2, 0.25) is 5.02 Å². The van der Waals surface area contributed by atoms with Gasteiger partial charge in [-0.05, 0) is 25.1 Å². The Morgan fingerprint density at radius 3 is 2.43 bits per heavy atom. The van der Waals surface area contributed by atoms with Crippen LogP contribution < -0.4 is 4.74 Å². The first kappa shape index (κ1) is 16.1. The van der Waals surface area contributed by atoms with Crippen LogP contribution in [0.4, 0.5) is 0 Å². The largest absolute Gasteiger partial charge is 0.491 e. The molecular formula is C16H22ClN3O. The van der Waals surface area contributed by atoms with E-state index in [1.165, 1.54) is 0 Å². The van der Waals surface area contributed by atoms with Crippen molar-refractivity contribution in [3.05, 3.63) is 29.3 Å². The average Bonchev–Trinajstić information content (AvgIpc) is 2.51. The molecule has 1 aliphatic heterocycles. The first-order valence-electron chi connectivity index (χ1n) is 7.48. The van der Waals surface area contributed by atoms with Crippen molar-refractivity contribution in [2.24, 2.45) is 0 Å². The third kappa shape index (κ3) is 5.55. The average molecular weight is 308 g/mol. The molecule has 5 heteroatoms. The predicted molar refractivity (Wildman–Crippen MR) is 84.7 cm³/mol. The van der Waals surface area contributed by atoms with Crippen LogP contribution in [-0.2, 0) is 0 Å². The van der Waals surface area contributed by atoms with Gasteiger partial charge in [0, 0.05) is 39.1 Å². The van der Waals surface area contributed by atoms with Gasteiger partial charge in [0.25, 0.3) is 0 Å². The highest BCUT2D eigenvalue weighted by Crippen LogP contribution is 2.22. The van der Waals surface area contributed by atoms with Crippen LogP contribution in [0, 0.1) is 11.3 Å². The lowest BCUT2D eigenvalue weighted by atomic mass is 10.2. The molecule has 21 heavy (non-hydrogen) atoms. The van der Waals surface area contributed by atoms with Crippen molar-refractivity contribution < 1.29 is 4.74 Å². The van der Waals surface area contributed by atoms with E-state index in [0.29, 0.717) is 18.1 Å². The molecule has 1 heterocycles. The number of nitriles is 1. The summed E-state index contributed by atoms with van der Waals surface area (Å²) in [6, 6.07) is 9.78. The Morgan fingerprint density at radius 2 is 1.76 bits per heavy atom. The van der Waals surface area contributed by atoms with E-state index >= 15 is 0 Å². The summed E-state index contributed by atoms with van der Waals surface area (Å²) in [5.74, 6) is 0.759. The zero-order chi connectivity index (χ0) is 14.9. The van der Waals surface area contributed by atoms with Gasteiger partial charge in [-0.25, -0.2) is 0 Å². The topological polar surface area (TPSA) is 39.5 Å². The Kier molecular flexibility index (Phi) is 6.81. The predicted octanol–water partition coefficient (Wildman–Crippen LogP) is 2.64. The maximum atomic E-state index is 8.55. The highest BCUT2D eigenvalue weighted by Gasteiger charge is 2.16. The van der Waals surface area contributed by atoms with Crippen molar-refractivity contribution in [2.75, 3.05) is 45.9 Å². The molecule has 0 atom stereocenters. The third-order valence-corrected chi connectivity index (χ3v) is 4.04. The highest BCUT2D eigenvalue weighted by atomic mass is 35.5. The van der Waals surface area contributed by atoms with Gasteiger partial charge < -0.3 is 9.64 Å². The quantitative estimate of drug-likeness (QED) is 0.726. The molecule has 0 radical (unpaired) electrons. The summed E-state index contributed by atoms with van der Waals surface area (Å²) in [5.41, 5.74) is 0. The zero-order valence-corrected chi connectivity index (χ0v) is 13.1. The van der Waals surface area contributed by atoms with E-state index in [2.05, 4.69) is 15.9 Å². The number of nitrogens with zero attached hydrogens (tertiary/aromatic N) is 3. The Bertz CT molecular complexity index is 467. The van der Waals surface area contributed by atoms with Crippen LogP contribution in [0.1, 0.15) is 12.8 Å². The van der Waals surface area contributed by atoms with Crippen molar-refractivity contribution in [2.45, 2.75) is 12.8 Å². The summed E-state index contributed by atoms with van der Waals surface area (Å²) in [6.45, 7) is 6.93. The fourth-order valence-corrected chi connectivity index (χ4v) is 2.66. The number of benzene rings is 1. The van der Waals surface area contributed by atoms with Gasteiger partial charge in [-0.3, -0.25) is 4.90 Å². The number of halogens is 1. The molecule has 1 aromatic carbocycles. The molecule has 1 aromatic rings. The van der Waals surface area contributed by atoms with Crippen LogP contribution in [0.5, 0.6) is 5.75 Å². The molecule has 0 N–H and O–H groups in total. The lowest BCUT2D eigenvalue weighted by Crippen LogP contribution is -2.47. The van der Waals surface area contributed by atoms with E-state index < -0.39 is 0 Å². The van der Waals surface area contributed by atoms with Crippen LogP contribution in [-0.4, -0.2) is 55.7 Å². The second kappa shape index (κ2) is 8.89. The van der Waals surface area contributed by atoms with E-state index in [9.17, 15) is 0 Å². The van der Waals surface area contributed by atoms with Gasteiger partial charge in [0.2, 0.25) is 0 Å². The van der Waals surface area contributed by atoms with Crippen molar-refractivity contribution >= 4 is 11.6 Å². The van der Waals surface area contributed by atoms with E-state index in [-0.39, 0.29) is 0 Å². The molecule has 0 unspecified atom stereocenters. The normalized spacial score (nSPS) is 16.6. The van der Waals surface area contributed by atoms with Crippen molar-refractivity contribution in [3.63, 3.8) is 0 Å². The van der Waals surface area contributed by atoms with Gasteiger partial charge in [0.1, 0.15) is 12.4 Å². The maximum Gasteiger partial charge on any atom is 0.137 e. The summed E-state index contributed by atoms with van der Waals surface area (Å²) in [4.78, 5) is 4.85. The Labute approximate surface area is 131 Å². The number of ether oxygens (including phenoxy) is 1. The van der Waals surface area contributed by atoms with Crippen molar-refractivity contribution in [1.29, 1.82) is 5.26 Å². The number of para-hydroxylation sites is 1. The van der Waals surface area contributed by atoms with Crippen molar-refractivity contribution in [3.8, 4) is 11.8 Å². The Hall–Kier alpha value is -1.28. The fraction of sp³-hybridized carbons (Fsp3) is 0.562. The minimum Gasteiger partial charge on any atom is -0.491 e. The van der Waals surface area contributed by atoms with Crippen LogP contribution in [0.3, 0.4) is 0 Å². The first-order valence-corrected chi connectivity index (χ1v) is 7.86. The molecule has 4 nitrogen and oxygen atoms in total. The lowest BCUT2D eigenvalue weighted by molar-refractivity contribution is 0.116. The summed E-state index contributed by atoms with van der Waals surface area (Å²) < 4.78 is 5.72.